The maximum Gasteiger partial charge on any atom is 0.315 e. The molecule has 9 heteroatoms. The number of carbonyl (C=O) groups excluding carboxylic acids is 3. The molecule has 0 bridgehead atoms. The smallest absolute Gasteiger partial charge is 0.315 e. The van der Waals surface area contributed by atoms with E-state index < -0.39 is 0 Å². The SMILES string of the molecule is CN(C)c1ccc(NC(=O)CCNC(=O)CCCC[C@@H]2SC[C@@H]3NC(=O)N[C@@H]32)cc1. The van der Waals surface area contributed by atoms with Crippen LogP contribution in [0.2, 0.25) is 0 Å². The van der Waals surface area contributed by atoms with Gasteiger partial charge >= 0.3 is 6.03 Å². The molecule has 0 radical (unpaired) electrons. The van der Waals surface area contributed by atoms with E-state index in [1.807, 2.05) is 55.0 Å². The summed E-state index contributed by atoms with van der Waals surface area (Å²) >= 11 is 1.89. The Morgan fingerprint density at radius 3 is 2.60 bits per heavy atom. The molecule has 3 rings (SSSR count). The molecule has 1 aromatic rings. The van der Waals surface area contributed by atoms with Gasteiger partial charge in [0.15, 0.2) is 0 Å². The molecule has 0 unspecified atom stereocenters. The lowest BCUT2D eigenvalue weighted by molar-refractivity contribution is -0.121. The van der Waals surface area contributed by atoms with Gasteiger partial charge in [0, 0.05) is 55.9 Å². The van der Waals surface area contributed by atoms with Crippen molar-refractivity contribution in [3.8, 4) is 0 Å². The van der Waals surface area contributed by atoms with Crippen LogP contribution in [-0.4, -0.2) is 61.6 Å². The number of carbonyl (C=O) groups is 3. The summed E-state index contributed by atoms with van der Waals surface area (Å²) in [5.74, 6) is 0.815. The zero-order valence-corrected chi connectivity index (χ0v) is 18.4. The number of nitrogens with zero attached hydrogens (tertiary/aromatic N) is 1. The lowest BCUT2D eigenvalue weighted by Gasteiger charge is -2.16. The Hall–Kier alpha value is -2.42. The lowest BCUT2D eigenvalue weighted by atomic mass is 10.0. The highest BCUT2D eigenvalue weighted by molar-refractivity contribution is 8.00. The molecule has 3 atom stereocenters. The third kappa shape index (κ3) is 6.29. The number of nitrogens with one attached hydrogen (secondary N) is 4. The lowest BCUT2D eigenvalue weighted by Crippen LogP contribution is -2.36. The van der Waals surface area contributed by atoms with Crippen LogP contribution >= 0.6 is 11.8 Å². The van der Waals surface area contributed by atoms with Crippen molar-refractivity contribution >= 4 is 41.0 Å². The minimum Gasteiger partial charge on any atom is -0.378 e. The monoisotopic (exact) mass is 433 g/mol. The number of hydrogen-bond donors (Lipinski definition) is 4. The second kappa shape index (κ2) is 10.6. The number of urea groups is 1. The fourth-order valence-corrected chi connectivity index (χ4v) is 5.29. The maximum atomic E-state index is 12.0. The minimum absolute atomic E-state index is 0.0223. The second-order valence-corrected chi connectivity index (χ2v) is 9.23. The van der Waals surface area contributed by atoms with Crippen molar-refractivity contribution in [1.82, 2.24) is 16.0 Å². The van der Waals surface area contributed by atoms with Gasteiger partial charge in [-0.3, -0.25) is 9.59 Å². The molecule has 4 amide bonds. The van der Waals surface area contributed by atoms with Crippen LogP contribution in [-0.2, 0) is 9.59 Å². The fourth-order valence-electron chi connectivity index (χ4n) is 3.74. The molecule has 2 fully saturated rings. The summed E-state index contributed by atoms with van der Waals surface area (Å²) in [4.78, 5) is 37.4. The van der Waals surface area contributed by atoms with Crippen LogP contribution in [0.25, 0.3) is 0 Å². The van der Waals surface area contributed by atoms with Crippen LogP contribution in [0, 0.1) is 0 Å². The number of anilines is 2. The van der Waals surface area contributed by atoms with Crippen LogP contribution < -0.4 is 26.2 Å². The van der Waals surface area contributed by atoms with Gasteiger partial charge in [0.1, 0.15) is 0 Å². The Bertz CT molecular complexity index is 756. The quantitative estimate of drug-likeness (QED) is 0.334. The van der Waals surface area contributed by atoms with Crippen LogP contribution in [0.5, 0.6) is 0 Å². The second-order valence-electron chi connectivity index (χ2n) is 7.96. The molecular formula is C21H31N5O3S. The summed E-state index contributed by atoms with van der Waals surface area (Å²) in [5, 5.41) is 12.0. The van der Waals surface area contributed by atoms with Crippen molar-refractivity contribution in [1.29, 1.82) is 0 Å². The number of benzene rings is 1. The third-order valence-corrected chi connectivity index (χ3v) is 6.93. The fraction of sp³-hybridized carbons (Fsp3) is 0.571. The molecule has 2 aliphatic rings. The maximum absolute atomic E-state index is 12.0. The first kappa shape index (κ1) is 22.3. The Labute approximate surface area is 181 Å². The number of thioether (sulfide) groups is 1. The molecule has 8 nitrogen and oxygen atoms in total. The molecule has 0 aromatic heterocycles. The van der Waals surface area contributed by atoms with Gasteiger partial charge in [-0.1, -0.05) is 6.42 Å². The Kier molecular flexibility index (Phi) is 7.84. The number of hydrogen-bond acceptors (Lipinski definition) is 5. The van der Waals surface area contributed by atoms with Crippen molar-refractivity contribution in [2.45, 2.75) is 49.4 Å². The summed E-state index contributed by atoms with van der Waals surface area (Å²) in [5.41, 5.74) is 1.81. The highest BCUT2D eigenvalue weighted by Gasteiger charge is 2.42. The molecule has 1 aromatic carbocycles. The number of unbranched alkanes of at least 4 members (excludes halogenated alkanes) is 1. The largest absolute Gasteiger partial charge is 0.378 e. The van der Waals surface area contributed by atoms with Crippen molar-refractivity contribution in [2.75, 3.05) is 36.6 Å². The van der Waals surface area contributed by atoms with Crippen LogP contribution in [0.1, 0.15) is 32.1 Å². The first-order chi connectivity index (χ1) is 14.4. The summed E-state index contributed by atoms with van der Waals surface area (Å²) in [7, 11) is 3.93. The van der Waals surface area contributed by atoms with Crippen LogP contribution in [0.15, 0.2) is 24.3 Å². The molecule has 4 N–H and O–H groups in total. The van der Waals surface area contributed by atoms with Crippen molar-refractivity contribution in [2.24, 2.45) is 0 Å². The number of amides is 4. The van der Waals surface area contributed by atoms with Gasteiger partial charge in [-0.2, -0.15) is 11.8 Å². The van der Waals surface area contributed by atoms with E-state index in [2.05, 4.69) is 21.3 Å². The number of fused-ring (bicyclic) bond motifs is 1. The zero-order valence-electron chi connectivity index (χ0n) is 17.6. The third-order valence-electron chi connectivity index (χ3n) is 5.42. The van der Waals surface area contributed by atoms with E-state index in [-0.39, 0.29) is 36.3 Å². The average Bonchev–Trinajstić information content (AvgIpc) is 3.25. The Morgan fingerprint density at radius 2 is 1.87 bits per heavy atom. The molecule has 2 heterocycles. The first-order valence-corrected chi connectivity index (χ1v) is 11.5. The van der Waals surface area contributed by atoms with Gasteiger partial charge in [-0.25, -0.2) is 4.79 Å². The topological polar surface area (TPSA) is 103 Å². The Balaban J connectivity index is 1.24. The van der Waals surface area contributed by atoms with Gasteiger partial charge < -0.3 is 26.2 Å². The normalized spacial score (nSPS) is 22.1. The first-order valence-electron chi connectivity index (χ1n) is 10.4. The van der Waals surface area contributed by atoms with E-state index >= 15 is 0 Å². The van der Waals surface area contributed by atoms with Gasteiger partial charge in [-0.05, 0) is 37.1 Å². The van der Waals surface area contributed by atoms with Gasteiger partial charge in [0.2, 0.25) is 11.8 Å². The molecule has 0 aliphatic carbocycles. The van der Waals surface area contributed by atoms with E-state index in [4.69, 9.17) is 0 Å². The molecule has 2 saturated heterocycles. The van der Waals surface area contributed by atoms with E-state index in [0.29, 0.717) is 18.2 Å². The molecule has 0 spiro atoms. The van der Waals surface area contributed by atoms with E-state index in [0.717, 1.165) is 36.4 Å². The number of rotatable bonds is 10. The summed E-state index contributed by atoms with van der Waals surface area (Å²) < 4.78 is 0. The van der Waals surface area contributed by atoms with Crippen molar-refractivity contribution < 1.29 is 14.4 Å². The van der Waals surface area contributed by atoms with E-state index in [1.165, 1.54) is 0 Å². The molecule has 30 heavy (non-hydrogen) atoms. The zero-order chi connectivity index (χ0) is 21.5. The molecule has 164 valence electrons. The van der Waals surface area contributed by atoms with Crippen molar-refractivity contribution in [3.05, 3.63) is 24.3 Å². The average molecular weight is 434 g/mol. The summed E-state index contributed by atoms with van der Waals surface area (Å²) in [6, 6.07) is 8.01. The standard InChI is InChI=1S/C21H31N5O3S/c1-26(2)15-9-7-14(8-10-15)23-19(28)11-12-22-18(27)6-4-3-5-17-20-16(13-30-17)24-21(29)25-20/h7-10,16-17,20H,3-6,11-13H2,1-2H3,(H,22,27)(H,23,28)(H2,24,25,29)/t16-,17-,20-/m0/s1. The summed E-state index contributed by atoms with van der Waals surface area (Å²) in [6.07, 6.45) is 3.47. The molecular weight excluding hydrogens is 402 g/mol. The minimum atomic E-state index is -0.118. The van der Waals surface area contributed by atoms with Gasteiger partial charge in [0.25, 0.3) is 0 Å². The Morgan fingerprint density at radius 1 is 1.10 bits per heavy atom. The molecule has 2 aliphatic heterocycles. The summed E-state index contributed by atoms with van der Waals surface area (Å²) in [6.45, 7) is 0.334. The predicted octanol–water partition coefficient (Wildman–Crippen LogP) is 1.92. The molecule has 0 saturated carbocycles. The van der Waals surface area contributed by atoms with Crippen LogP contribution in [0.3, 0.4) is 0 Å². The van der Waals surface area contributed by atoms with Gasteiger partial charge in [0.05, 0.1) is 12.1 Å². The van der Waals surface area contributed by atoms with E-state index in [9.17, 15) is 14.4 Å². The van der Waals surface area contributed by atoms with E-state index in [1.54, 1.807) is 0 Å². The predicted molar refractivity (Wildman–Crippen MR) is 121 cm³/mol. The highest BCUT2D eigenvalue weighted by atomic mass is 32.2. The van der Waals surface area contributed by atoms with Crippen LogP contribution in [0.4, 0.5) is 16.2 Å². The van der Waals surface area contributed by atoms with Crippen molar-refractivity contribution in [3.63, 3.8) is 0 Å². The highest BCUT2D eigenvalue weighted by Crippen LogP contribution is 2.33. The van der Waals surface area contributed by atoms with Gasteiger partial charge in [-0.15, -0.1) is 0 Å².